The Morgan fingerprint density at radius 2 is 1.34 bits per heavy atom. The molecule has 8 nitrogen and oxygen atoms in total. The third kappa shape index (κ3) is 10.6. The highest BCUT2D eigenvalue weighted by Crippen LogP contribution is 2.29. The van der Waals surface area contributed by atoms with Gasteiger partial charge in [0.1, 0.15) is 18.1 Å². The fourth-order valence-corrected chi connectivity index (χ4v) is 4.64. The lowest BCUT2D eigenvalue weighted by Crippen LogP contribution is -2.55. The highest BCUT2D eigenvalue weighted by atomic mass is 16.2. The third-order valence-electron chi connectivity index (χ3n) is 7.10. The predicted octanol–water partition coefficient (Wildman–Crippen LogP) is 3.43. The number of amides is 4. The quantitative estimate of drug-likeness (QED) is 0.270. The summed E-state index contributed by atoms with van der Waals surface area (Å²) >= 11 is 0. The molecule has 3 atom stereocenters. The van der Waals surface area contributed by atoms with E-state index in [0.717, 1.165) is 32.1 Å². The third-order valence-corrected chi connectivity index (χ3v) is 7.10. The molecule has 0 unspecified atom stereocenters. The van der Waals surface area contributed by atoms with Crippen molar-refractivity contribution in [3.05, 3.63) is 0 Å². The molecule has 0 bridgehead atoms. The summed E-state index contributed by atoms with van der Waals surface area (Å²) in [5.74, 6) is -0.801. The number of carbonyl (C=O) groups is 4. The second-order valence-corrected chi connectivity index (χ2v) is 10.4. The molecule has 200 valence electrons. The van der Waals surface area contributed by atoms with Crippen LogP contribution < -0.4 is 16.0 Å². The van der Waals surface area contributed by atoms with E-state index in [9.17, 15) is 19.2 Å². The van der Waals surface area contributed by atoms with Gasteiger partial charge in [0.25, 0.3) is 0 Å². The molecule has 1 heterocycles. The average Bonchev–Trinajstić information content (AvgIpc) is 3.58. The molecule has 2 fully saturated rings. The molecule has 1 aliphatic carbocycles. The largest absolute Gasteiger partial charge is 0.354 e. The van der Waals surface area contributed by atoms with Crippen molar-refractivity contribution in [2.75, 3.05) is 13.1 Å². The van der Waals surface area contributed by atoms with Crippen LogP contribution in [0.4, 0.5) is 0 Å². The van der Waals surface area contributed by atoms with Crippen molar-refractivity contribution >= 4 is 23.6 Å². The lowest BCUT2D eigenvalue weighted by molar-refractivity contribution is -0.141. The van der Waals surface area contributed by atoms with Crippen LogP contribution in [-0.4, -0.2) is 59.7 Å². The van der Waals surface area contributed by atoms with Crippen LogP contribution in [0, 0.1) is 5.92 Å². The Kier molecular flexibility index (Phi) is 13.1. The van der Waals surface area contributed by atoms with Gasteiger partial charge < -0.3 is 20.9 Å². The van der Waals surface area contributed by atoms with E-state index >= 15 is 0 Å². The van der Waals surface area contributed by atoms with Crippen LogP contribution in [0.2, 0.25) is 0 Å². The molecule has 0 aromatic rings. The number of nitrogens with zero attached hydrogens (tertiary/aromatic N) is 1. The molecule has 35 heavy (non-hydrogen) atoms. The number of nitrogens with one attached hydrogen (secondary N) is 3. The maximum Gasteiger partial charge on any atom is 0.245 e. The number of hydrogen-bond acceptors (Lipinski definition) is 4. The minimum Gasteiger partial charge on any atom is -0.354 e. The van der Waals surface area contributed by atoms with Crippen LogP contribution in [0.1, 0.15) is 111 Å². The van der Waals surface area contributed by atoms with Gasteiger partial charge in [0.15, 0.2) is 0 Å². The zero-order valence-corrected chi connectivity index (χ0v) is 22.2. The first-order valence-electron chi connectivity index (χ1n) is 14.0. The maximum absolute atomic E-state index is 12.8. The number of rotatable bonds is 17. The van der Waals surface area contributed by atoms with Gasteiger partial charge in [-0.05, 0) is 46.0 Å². The normalized spacial score (nSPS) is 19.2. The molecule has 1 saturated carbocycles. The van der Waals surface area contributed by atoms with Gasteiger partial charge in [-0.1, -0.05) is 64.7 Å². The van der Waals surface area contributed by atoms with E-state index in [0.29, 0.717) is 19.5 Å². The van der Waals surface area contributed by atoms with Crippen molar-refractivity contribution in [3.8, 4) is 0 Å². The fraction of sp³-hybridized carbons (Fsp3) is 0.852. The SMILES string of the molecule is CCCCCCCCCCCCNC(=O)[C@H](C)NC(=O)[C@@H]1CCCN1C(=O)[C@H](C)NC(=O)C1CC1. The summed E-state index contributed by atoms with van der Waals surface area (Å²) < 4.78 is 0. The van der Waals surface area contributed by atoms with Crippen molar-refractivity contribution in [3.63, 3.8) is 0 Å². The second-order valence-electron chi connectivity index (χ2n) is 10.4. The molecule has 8 heteroatoms. The van der Waals surface area contributed by atoms with Gasteiger partial charge in [-0.15, -0.1) is 0 Å². The van der Waals surface area contributed by atoms with Crippen molar-refractivity contribution in [2.24, 2.45) is 5.92 Å². The number of unbranched alkanes of at least 4 members (excludes halogenated alkanes) is 9. The van der Waals surface area contributed by atoms with Crippen LogP contribution in [0.5, 0.6) is 0 Å². The summed E-state index contributed by atoms with van der Waals surface area (Å²) in [6.07, 6.45) is 15.5. The van der Waals surface area contributed by atoms with Crippen molar-refractivity contribution in [1.29, 1.82) is 0 Å². The van der Waals surface area contributed by atoms with Gasteiger partial charge in [-0.25, -0.2) is 0 Å². The van der Waals surface area contributed by atoms with Crippen molar-refractivity contribution < 1.29 is 19.2 Å². The summed E-state index contributed by atoms with van der Waals surface area (Å²) in [5.41, 5.74) is 0. The van der Waals surface area contributed by atoms with Gasteiger partial charge in [-0.2, -0.15) is 0 Å². The van der Waals surface area contributed by atoms with E-state index in [4.69, 9.17) is 0 Å². The molecule has 1 aliphatic heterocycles. The van der Waals surface area contributed by atoms with E-state index in [1.54, 1.807) is 18.7 Å². The van der Waals surface area contributed by atoms with Gasteiger partial charge in [0.2, 0.25) is 23.6 Å². The minimum atomic E-state index is -0.657. The molecular formula is C27H48N4O4. The summed E-state index contributed by atoms with van der Waals surface area (Å²) in [5, 5.41) is 8.45. The van der Waals surface area contributed by atoms with Crippen LogP contribution in [0.25, 0.3) is 0 Å². The molecular weight excluding hydrogens is 444 g/mol. The highest BCUT2D eigenvalue weighted by molar-refractivity contribution is 5.94. The Hall–Kier alpha value is -2.12. The molecule has 2 rings (SSSR count). The topological polar surface area (TPSA) is 108 Å². The highest BCUT2D eigenvalue weighted by Gasteiger charge is 2.38. The fourth-order valence-electron chi connectivity index (χ4n) is 4.64. The lowest BCUT2D eigenvalue weighted by atomic mass is 10.1. The van der Waals surface area contributed by atoms with Crippen LogP contribution >= 0.6 is 0 Å². The van der Waals surface area contributed by atoms with Crippen molar-refractivity contribution in [1.82, 2.24) is 20.9 Å². The molecule has 0 aromatic heterocycles. The predicted molar refractivity (Wildman–Crippen MR) is 138 cm³/mol. The van der Waals surface area contributed by atoms with Gasteiger partial charge in [0.05, 0.1) is 0 Å². The molecule has 3 N–H and O–H groups in total. The van der Waals surface area contributed by atoms with Gasteiger partial charge in [0, 0.05) is 19.0 Å². The summed E-state index contributed by atoms with van der Waals surface area (Å²) in [6.45, 7) is 6.67. The monoisotopic (exact) mass is 492 g/mol. The van der Waals surface area contributed by atoms with E-state index in [2.05, 4.69) is 22.9 Å². The number of hydrogen-bond donors (Lipinski definition) is 3. The first-order chi connectivity index (χ1) is 16.8. The number of likely N-dealkylation sites (tertiary alicyclic amines) is 1. The van der Waals surface area contributed by atoms with Crippen LogP contribution in [0.3, 0.4) is 0 Å². The Morgan fingerprint density at radius 3 is 1.94 bits per heavy atom. The van der Waals surface area contributed by atoms with E-state index in [1.165, 1.54) is 51.4 Å². The molecule has 0 spiro atoms. The Labute approximate surface area is 211 Å². The molecule has 1 saturated heterocycles. The molecule has 0 aromatic carbocycles. The molecule has 0 radical (unpaired) electrons. The Bertz CT molecular complexity index is 695. The second kappa shape index (κ2) is 15.8. The summed E-state index contributed by atoms with van der Waals surface area (Å²) in [6, 6.07) is -1.91. The standard InChI is InChI=1S/C27H48N4O4/c1-4-5-6-7-8-9-10-11-12-13-18-28-24(32)20(2)29-26(34)23-15-14-19-31(23)27(35)21(3)30-25(33)22-16-17-22/h20-23H,4-19H2,1-3H3,(H,28,32)(H,29,34)(H,30,33)/t20-,21-,23-/m0/s1. The zero-order valence-electron chi connectivity index (χ0n) is 22.2. The molecule has 4 amide bonds. The Balaban J connectivity index is 1.60. The summed E-state index contributed by atoms with van der Waals surface area (Å²) in [4.78, 5) is 51.6. The van der Waals surface area contributed by atoms with E-state index in [-0.39, 0.29) is 29.5 Å². The van der Waals surface area contributed by atoms with Crippen molar-refractivity contribution in [2.45, 2.75) is 129 Å². The first-order valence-corrected chi connectivity index (χ1v) is 14.0. The minimum absolute atomic E-state index is 0.0302. The zero-order chi connectivity index (χ0) is 25.6. The maximum atomic E-state index is 12.8. The van der Waals surface area contributed by atoms with Crippen LogP contribution in [0.15, 0.2) is 0 Å². The van der Waals surface area contributed by atoms with Crippen LogP contribution in [-0.2, 0) is 19.2 Å². The van der Waals surface area contributed by atoms with E-state index < -0.39 is 18.1 Å². The lowest BCUT2D eigenvalue weighted by Gasteiger charge is -2.28. The molecule has 2 aliphatic rings. The van der Waals surface area contributed by atoms with Gasteiger partial charge in [-0.3, -0.25) is 19.2 Å². The summed E-state index contributed by atoms with van der Waals surface area (Å²) in [7, 11) is 0. The average molecular weight is 493 g/mol. The van der Waals surface area contributed by atoms with Gasteiger partial charge >= 0.3 is 0 Å². The number of carbonyl (C=O) groups excluding carboxylic acids is 4. The Morgan fingerprint density at radius 1 is 0.771 bits per heavy atom. The smallest absolute Gasteiger partial charge is 0.245 e. The van der Waals surface area contributed by atoms with E-state index in [1.807, 2.05) is 0 Å². The first kappa shape index (κ1) is 29.1.